The highest BCUT2D eigenvalue weighted by molar-refractivity contribution is 6.31. The molecular formula is C13H20ClNO. The van der Waals surface area contributed by atoms with Crippen molar-refractivity contribution in [1.29, 1.82) is 0 Å². The number of benzene rings is 1. The van der Waals surface area contributed by atoms with E-state index >= 15 is 0 Å². The van der Waals surface area contributed by atoms with Crippen LogP contribution < -0.4 is 10.1 Å². The van der Waals surface area contributed by atoms with Crippen LogP contribution in [0, 0.1) is 0 Å². The third kappa shape index (κ3) is 4.03. The second kappa shape index (κ2) is 6.77. The molecule has 1 unspecified atom stereocenters. The van der Waals surface area contributed by atoms with Gasteiger partial charge in [-0.2, -0.15) is 0 Å². The normalized spacial score (nSPS) is 12.5. The lowest BCUT2D eigenvalue weighted by Gasteiger charge is -2.15. The van der Waals surface area contributed by atoms with Crippen LogP contribution in [0.2, 0.25) is 5.02 Å². The molecule has 90 valence electrons. The molecule has 1 aromatic rings. The molecule has 0 spiro atoms. The minimum absolute atomic E-state index is 0.221. The number of aryl methyl sites for hydroxylation is 1. The van der Waals surface area contributed by atoms with Crippen molar-refractivity contribution in [2.24, 2.45) is 0 Å². The Morgan fingerprint density at radius 1 is 1.44 bits per heavy atom. The Kier molecular flexibility index (Phi) is 5.64. The monoisotopic (exact) mass is 241 g/mol. The van der Waals surface area contributed by atoms with Gasteiger partial charge in [0.15, 0.2) is 0 Å². The Hall–Kier alpha value is -0.730. The molecule has 0 saturated heterocycles. The summed E-state index contributed by atoms with van der Waals surface area (Å²) in [4.78, 5) is 0. The lowest BCUT2D eigenvalue weighted by atomic mass is 10.1. The summed E-state index contributed by atoms with van der Waals surface area (Å²) < 4.78 is 5.82. The summed E-state index contributed by atoms with van der Waals surface area (Å²) in [5.41, 5.74) is 1.14. The van der Waals surface area contributed by atoms with Crippen molar-refractivity contribution in [3.05, 3.63) is 28.8 Å². The van der Waals surface area contributed by atoms with E-state index in [0.717, 1.165) is 35.7 Å². The molecule has 2 nitrogen and oxygen atoms in total. The number of hydrogen-bond donors (Lipinski definition) is 1. The summed E-state index contributed by atoms with van der Waals surface area (Å²) in [5, 5.41) is 3.93. The quantitative estimate of drug-likeness (QED) is 0.825. The second-order valence-corrected chi connectivity index (χ2v) is 4.33. The molecule has 0 aliphatic rings. The summed E-state index contributed by atoms with van der Waals surface area (Å²) in [6.45, 7) is 5.14. The van der Waals surface area contributed by atoms with E-state index in [-0.39, 0.29) is 6.10 Å². The van der Waals surface area contributed by atoms with Gasteiger partial charge in [0, 0.05) is 5.02 Å². The lowest BCUT2D eigenvalue weighted by molar-refractivity contribution is 0.211. The van der Waals surface area contributed by atoms with E-state index in [9.17, 15) is 0 Å². The van der Waals surface area contributed by atoms with Crippen LogP contribution in [0.4, 0.5) is 0 Å². The molecule has 0 fully saturated rings. The van der Waals surface area contributed by atoms with E-state index < -0.39 is 0 Å². The summed E-state index contributed by atoms with van der Waals surface area (Å²) in [5.74, 6) is 0.907. The van der Waals surface area contributed by atoms with Crippen LogP contribution in [0.5, 0.6) is 5.75 Å². The predicted octanol–water partition coefficient (Wildman–Crippen LogP) is 3.28. The van der Waals surface area contributed by atoms with Crippen molar-refractivity contribution < 1.29 is 4.74 Å². The number of halogens is 1. The molecule has 0 bridgehead atoms. The van der Waals surface area contributed by atoms with Crippen LogP contribution in [0.3, 0.4) is 0 Å². The predicted molar refractivity (Wildman–Crippen MR) is 69.5 cm³/mol. The van der Waals surface area contributed by atoms with Crippen LogP contribution >= 0.6 is 11.6 Å². The zero-order valence-electron chi connectivity index (χ0n) is 10.2. The van der Waals surface area contributed by atoms with E-state index in [1.807, 2.05) is 25.2 Å². The highest BCUT2D eigenvalue weighted by Gasteiger charge is 2.05. The maximum Gasteiger partial charge on any atom is 0.120 e. The number of ether oxygens (including phenoxy) is 1. The van der Waals surface area contributed by atoms with Gasteiger partial charge in [0.2, 0.25) is 0 Å². The Morgan fingerprint density at radius 3 is 2.81 bits per heavy atom. The van der Waals surface area contributed by atoms with Gasteiger partial charge in [0.05, 0.1) is 6.10 Å². The fraction of sp³-hybridized carbons (Fsp3) is 0.538. The summed E-state index contributed by atoms with van der Waals surface area (Å²) in [6, 6.07) is 5.86. The summed E-state index contributed by atoms with van der Waals surface area (Å²) in [7, 11) is 1.95. The fourth-order valence-electron chi connectivity index (χ4n) is 1.53. The van der Waals surface area contributed by atoms with Crippen LogP contribution in [-0.4, -0.2) is 19.7 Å². The Balaban J connectivity index is 2.59. The van der Waals surface area contributed by atoms with Crippen LogP contribution in [0.25, 0.3) is 0 Å². The van der Waals surface area contributed by atoms with Crippen molar-refractivity contribution in [2.75, 3.05) is 13.6 Å². The molecule has 1 atom stereocenters. The molecule has 0 aliphatic heterocycles. The third-order valence-electron chi connectivity index (χ3n) is 2.54. The first-order valence-corrected chi connectivity index (χ1v) is 6.14. The zero-order chi connectivity index (χ0) is 12.0. The van der Waals surface area contributed by atoms with Gasteiger partial charge in [-0.3, -0.25) is 0 Å². The molecule has 16 heavy (non-hydrogen) atoms. The number of rotatable bonds is 6. The molecule has 0 amide bonds. The maximum atomic E-state index is 6.05. The standard InChI is InChI=1S/C13H20ClNO/c1-4-11-9-12(5-6-13(11)14)16-10(2)7-8-15-3/h5-6,9-10,15H,4,7-8H2,1-3H3. The van der Waals surface area contributed by atoms with Gasteiger partial charge in [-0.15, -0.1) is 0 Å². The number of nitrogens with one attached hydrogen (secondary N) is 1. The maximum absolute atomic E-state index is 6.05. The van der Waals surface area contributed by atoms with Gasteiger partial charge in [-0.25, -0.2) is 0 Å². The Morgan fingerprint density at radius 2 is 2.19 bits per heavy atom. The average molecular weight is 242 g/mol. The minimum atomic E-state index is 0.221. The Bertz CT molecular complexity index is 328. The smallest absolute Gasteiger partial charge is 0.120 e. The summed E-state index contributed by atoms with van der Waals surface area (Å²) in [6.07, 6.45) is 2.15. The van der Waals surface area contributed by atoms with Crippen LogP contribution in [0.15, 0.2) is 18.2 Å². The molecule has 1 aromatic carbocycles. The minimum Gasteiger partial charge on any atom is -0.491 e. The molecule has 0 radical (unpaired) electrons. The Labute approximate surface area is 103 Å². The van der Waals surface area contributed by atoms with E-state index in [4.69, 9.17) is 16.3 Å². The molecule has 0 saturated carbocycles. The molecule has 3 heteroatoms. The molecule has 0 aromatic heterocycles. The largest absolute Gasteiger partial charge is 0.491 e. The third-order valence-corrected chi connectivity index (χ3v) is 2.90. The molecule has 0 aliphatic carbocycles. The average Bonchev–Trinajstić information content (AvgIpc) is 2.29. The lowest BCUT2D eigenvalue weighted by Crippen LogP contribution is -2.19. The van der Waals surface area contributed by atoms with E-state index in [2.05, 4.69) is 19.2 Å². The van der Waals surface area contributed by atoms with Crippen LogP contribution in [-0.2, 0) is 6.42 Å². The fourth-order valence-corrected chi connectivity index (χ4v) is 1.79. The van der Waals surface area contributed by atoms with Crippen molar-refractivity contribution in [2.45, 2.75) is 32.8 Å². The molecular weight excluding hydrogens is 222 g/mol. The number of hydrogen-bond acceptors (Lipinski definition) is 2. The van der Waals surface area contributed by atoms with Gasteiger partial charge >= 0.3 is 0 Å². The van der Waals surface area contributed by atoms with Gasteiger partial charge in [-0.1, -0.05) is 18.5 Å². The zero-order valence-corrected chi connectivity index (χ0v) is 11.0. The highest BCUT2D eigenvalue weighted by atomic mass is 35.5. The first kappa shape index (κ1) is 13.3. The SMILES string of the molecule is CCc1cc(OC(C)CCNC)ccc1Cl. The van der Waals surface area contributed by atoms with Gasteiger partial charge in [0.25, 0.3) is 0 Å². The molecule has 0 heterocycles. The van der Waals surface area contributed by atoms with Crippen molar-refractivity contribution in [1.82, 2.24) is 5.32 Å². The van der Waals surface area contributed by atoms with Gasteiger partial charge in [-0.05, 0) is 57.1 Å². The first-order valence-electron chi connectivity index (χ1n) is 5.77. The molecule has 1 N–H and O–H groups in total. The van der Waals surface area contributed by atoms with E-state index in [1.54, 1.807) is 0 Å². The van der Waals surface area contributed by atoms with Crippen molar-refractivity contribution in [3.8, 4) is 5.75 Å². The second-order valence-electron chi connectivity index (χ2n) is 3.93. The topological polar surface area (TPSA) is 21.3 Å². The summed E-state index contributed by atoms with van der Waals surface area (Å²) >= 11 is 6.05. The highest BCUT2D eigenvalue weighted by Crippen LogP contribution is 2.23. The van der Waals surface area contributed by atoms with Gasteiger partial charge < -0.3 is 10.1 Å². The van der Waals surface area contributed by atoms with Crippen LogP contribution in [0.1, 0.15) is 25.8 Å². The van der Waals surface area contributed by atoms with E-state index in [1.165, 1.54) is 0 Å². The van der Waals surface area contributed by atoms with Gasteiger partial charge in [0.1, 0.15) is 5.75 Å². The van der Waals surface area contributed by atoms with Crippen molar-refractivity contribution in [3.63, 3.8) is 0 Å². The first-order chi connectivity index (χ1) is 7.67. The van der Waals surface area contributed by atoms with Crippen molar-refractivity contribution >= 4 is 11.6 Å². The van der Waals surface area contributed by atoms with E-state index in [0.29, 0.717) is 0 Å². The molecule has 1 rings (SSSR count).